The molecule has 0 radical (unpaired) electrons. The molecule has 0 saturated heterocycles. The van der Waals surface area contributed by atoms with Gasteiger partial charge in [0.15, 0.2) is 0 Å². The number of benzene rings is 1. The molecular weight excluding hydrogens is 258 g/mol. The van der Waals surface area contributed by atoms with Crippen LogP contribution in [-0.2, 0) is 11.8 Å². The molecule has 2 heteroatoms. The third kappa shape index (κ3) is 2.64. The monoisotopic (exact) mass is 287 g/mol. The summed E-state index contributed by atoms with van der Waals surface area (Å²) >= 11 is 0. The van der Waals surface area contributed by atoms with Crippen LogP contribution in [0.3, 0.4) is 0 Å². The first kappa shape index (κ1) is 15.1. The minimum absolute atomic E-state index is 0.212. The van der Waals surface area contributed by atoms with E-state index in [9.17, 15) is 5.11 Å². The first-order chi connectivity index (χ1) is 10.2. The minimum Gasteiger partial charge on any atom is -0.392 e. The number of aliphatic hydroxyl groups is 1. The molecule has 116 valence electrons. The standard InChI is InChI=1S/C19H29NO/c1-14-6-4-8-16(12-14)18(21)19(13-20)11-5-9-15-7-2-3-10-17(15)19/h2-3,7,10,14,16,18,21H,4-6,8-9,11-13,20H2,1H3. The fraction of sp³-hybridized carbons (Fsp3) is 0.684. The maximum Gasteiger partial charge on any atom is 0.0677 e. The molecule has 2 aliphatic carbocycles. The molecule has 0 aromatic heterocycles. The van der Waals surface area contributed by atoms with Gasteiger partial charge in [0.05, 0.1) is 6.10 Å². The Kier molecular flexibility index (Phi) is 4.37. The summed E-state index contributed by atoms with van der Waals surface area (Å²) in [6.07, 6.45) is 7.92. The maximum atomic E-state index is 11.2. The smallest absolute Gasteiger partial charge is 0.0677 e. The summed E-state index contributed by atoms with van der Waals surface area (Å²) < 4.78 is 0. The summed E-state index contributed by atoms with van der Waals surface area (Å²) in [5, 5.41) is 11.2. The van der Waals surface area contributed by atoms with Crippen molar-refractivity contribution in [1.82, 2.24) is 0 Å². The first-order valence-corrected chi connectivity index (χ1v) is 8.64. The van der Waals surface area contributed by atoms with Gasteiger partial charge in [-0.3, -0.25) is 0 Å². The molecule has 0 heterocycles. The zero-order valence-electron chi connectivity index (χ0n) is 13.2. The summed E-state index contributed by atoms with van der Waals surface area (Å²) in [4.78, 5) is 0. The van der Waals surface area contributed by atoms with Gasteiger partial charge >= 0.3 is 0 Å². The molecule has 3 rings (SSSR count). The van der Waals surface area contributed by atoms with Crippen molar-refractivity contribution in [2.24, 2.45) is 17.6 Å². The van der Waals surface area contributed by atoms with E-state index in [2.05, 4.69) is 31.2 Å². The van der Waals surface area contributed by atoms with Crippen LogP contribution < -0.4 is 5.73 Å². The molecule has 21 heavy (non-hydrogen) atoms. The number of hydrogen-bond donors (Lipinski definition) is 2. The summed E-state index contributed by atoms with van der Waals surface area (Å²) in [6.45, 7) is 2.89. The Morgan fingerprint density at radius 1 is 1.29 bits per heavy atom. The van der Waals surface area contributed by atoms with E-state index in [-0.39, 0.29) is 11.5 Å². The van der Waals surface area contributed by atoms with Crippen LogP contribution in [0, 0.1) is 11.8 Å². The van der Waals surface area contributed by atoms with Crippen molar-refractivity contribution in [3.8, 4) is 0 Å². The Bertz CT molecular complexity index is 486. The van der Waals surface area contributed by atoms with Gasteiger partial charge in [-0.25, -0.2) is 0 Å². The van der Waals surface area contributed by atoms with Gasteiger partial charge in [-0.1, -0.05) is 44.0 Å². The minimum atomic E-state index is -0.285. The number of rotatable bonds is 3. The Morgan fingerprint density at radius 2 is 2.10 bits per heavy atom. The van der Waals surface area contributed by atoms with Crippen LogP contribution in [0.2, 0.25) is 0 Å². The molecule has 1 aromatic rings. The van der Waals surface area contributed by atoms with Gasteiger partial charge in [-0.05, 0) is 55.1 Å². The lowest BCUT2D eigenvalue weighted by Gasteiger charge is -2.46. The molecule has 4 unspecified atom stereocenters. The van der Waals surface area contributed by atoms with Crippen LogP contribution in [-0.4, -0.2) is 17.8 Å². The zero-order valence-corrected chi connectivity index (χ0v) is 13.2. The van der Waals surface area contributed by atoms with E-state index in [0.29, 0.717) is 12.5 Å². The van der Waals surface area contributed by atoms with Crippen LogP contribution in [0.4, 0.5) is 0 Å². The largest absolute Gasteiger partial charge is 0.392 e. The van der Waals surface area contributed by atoms with Crippen molar-refractivity contribution in [2.45, 2.75) is 63.4 Å². The fourth-order valence-electron chi connectivity index (χ4n) is 4.81. The lowest BCUT2D eigenvalue weighted by atomic mass is 9.61. The highest BCUT2D eigenvalue weighted by Crippen LogP contribution is 2.45. The van der Waals surface area contributed by atoms with Crippen molar-refractivity contribution in [1.29, 1.82) is 0 Å². The molecule has 3 N–H and O–H groups in total. The van der Waals surface area contributed by atoms with E-state index in [1.165, 1.54) is 24.0 Å². The Hall–Kier alpha value is -0.860. The van der Waals surface area contributed by atoms with Gasteiger partial charge in [0, 0.05) is 12.0 Å². The van der Waals surface area contributed by atoms with Gasteiger partial charge in [0.1, 0.15) is 0 Å². The van der Waals surface area contributed by atoms with E-state index >= 15 is 0 Å². The van der Waals surface area contributed by atoms with E-state index < -0.39 is 0 Å². The number of nitrogens with two attached hydrogens (primary N) is 1. The van der Waals surface area contributed by atoms with E-state index in [1.807, 2.05) is 0 Å². The second-order valence-corrected chi connectivity index (χ2v) is 7.35. The zero-order chi connectivity index (χ0) is 14.9. The van der Waals surface area contributed by atoms with Gasteiger partial charge in [0.2, 0.25) is 0 Å². The Morgan fingerprint density at radius 3 is 2.86 bits per heavy atom. The molecule has 0 bridgehead atoms. The lowest BCUT2D eigenvalue weighted by molar-refractivity contribution is 0.0000358. The molecular formula is C19H29NO. The van der Waals surface area contributed by atoms with E-state index in [4.69, 9.17) is 5.73 Å². The third-order valence-corrected chi connectivity index (χ3v) is 5.98. The topological polar surface area (TPSA) is 46.2 Å². The van der Waals surface area contributed by atoms with Crippen LogP contribution in [0.25, 0.3) is 0 Å². The maximum absolute atomic E-state index is 11.2. The summed E-state index contributed by atoms with van der Waals surface area (Å²) in [6, 6.07) is 8.64. The van der Waals surface area contributed by atoms with E-state index in [1.54, 1.807) is 0 Å². The Balaban J connectivity index is 1.93. The highest BCUT2D eigenvalue weighted by molar-refractivity contribution is 5.38. The summed E-state index contributed by atoms with van der Waals surface area (Å²) in [5.41, 5.74) is 8.75. The van der Waals surface area contributed by atoms with Gasteiger partial charge in [-0.15, -0.1) is 0 Å². The quantitative estimate of drug-likeness (QED) is 0.895. The molecule has 1 saturated carbocycles. The second-order valence-electron chi connectivity index (χ2n) is 7.35. The average Bonchev–Trinajstić information content (AvgIpc) is 2.53. The van der Waals surface area contributed by atoms with Crippen LogP contribution in [0.5, 0.6) is 0 Å². The van der Waals surface area contributed by atoms with Crippen LogP contribution in [0.15, 0.2) is 24.3 Å². The second kappa shape index (κ2) is 6.10. The molecule has 2 aliphatic rings. The highest BCUT2D eigenvalue weighted by atomic mass is 16.3. The van der Waals surface area contributed by atoms with Gasteiger partial charge in [0.25, 0.3) is 0 Å². The predicted molar refractivity (Wildman–Crippen MR) is 87.2 cm³/mol. The molecule has 1 aromatic carbocycles. The predicted octanol–water partition coefficient (Wildman–Crippen LogP) is 3.41. The first-order valence-electron chi connectivity index (χ1n) is 8.64. The van der Waals surface area contributed by atoms with Crippen LogP contribution >= 0.6 is 0 Å². The number of hydrogen-bond acceptors (Lipinski definition) is 2. The molecule has 0 aliphatic heterocycles. The van der Waals surface area contributed by atoms with Gasteiger partial charge < -0.3 is 10.8 Å². The SMILES string of the molecule is CC1CCCC(C(O)C2(CN)CCCc3ccccc32)C1. The third-order valence-electron chi connectivity index (χ3n) is 5.98. The fourth-order valence-corrected chi connectivity index (χ4v) is 4.81. The summed E-state index contributed by atoms with van der Waals surface area (Å²) in [7, 11) is 0. The molecule has 0 amide bonds. The molecule has 0 spiro atoms. The van der Waals surface area contributed by atoms with Crippen LogP contribution in [0.1, 0.15) is 56.6 Å². The number of aryl methyl sites for hydroxylation is 1. The van der Waals surface area contributed by atoms with Crippen molar-refractivity contribution < 1.29 is 5.11 Å². The van der Waals surface area contributed by atoms with Gasteiger partial charge in [-0.2, -0.15) is 0 Å². The molecule has 1 fully saturated rings. The van der Waals surface area contributed by atoms with Crippen molar-refractivity contribution >= 4 is 0 Å². The normalized spacial score (nSPS) is 34.2. The van der Waals surface area contributed by atoms with Crippen molar-refractivity contribution in [2.75, 3.05) is 6.54 Å². The molecule has 2 nitrogen and oxygen atoms in total. The van der Waals surface area contributed by atoms with Crippen molar-refractivity contribution in [3.63, 3.8) is 0 Å². The summed E-state index contributed by atoms with van der Waals surface area (Å²) in [5.74, 6) is 1.16. The average molecular weight is 287 g/mol. The molecule has 4 atom stereocenters. The Labute approximate surface area is 128 Å². The lowest BCUT2D eigenvalue weighted by Crippen LogP contribution is -2.52. The number of aliphatic hydroxyl groups excluding tert-OH is 1. The van der Waals surface area contributed by atoms with E-state index in [0.717, 1.165) is 38.0 Å². The highest BCUT2D eigenvalue weighted by Gasteiger charge is 2.45. The number of fused-ring (bicyclic) bond motifs is 1. The van der Waals surface area contributed by atoms with Crippen molar-refractivity contribution in [3.05, 3.63) is 35.4 Å².